The van der Waals surface area contributed by atoms with Gasteiger partial charge in [0.2, 0.25) is 5.91 Å². The summed E-state index contributed by atoms with van der Waals surface area (Å²) in [5.41, 5.74) is -0.469. The number of aliphatic hydroxyl groups is 1. The molecule has 0 radical (unpaired) electrons. The number of nitrogens with zero attached hydrogens (tertiary/aromatic N) is 3. The predicted molar refractivity (Wildman–Crippen MR) is 119 cm³/mol. The van der Waals surface area contributed by atoms with Gasteiger partial charge in [-0.25, -0.2) is 4.90 Å². The minimum Gasteiger partial charge on any atom is -0.508 e. The number of piperidine rings is 1. The first-order valence-corrected chi connectivity index (χ1v) is 12.1. The molecule has 2 saturated heterocycles. The molecular formula is C25H32N4O4. The molecule has 4 fully saturated rings. The number of rotatable bonds is 4. The zero-order valence-electron chi connectivity index (χ0n) is 19.1. The Bertz CT molecular complexity index is 1040. The SMILES string of the molecule is COC1NC(=O)C2(CCC3(O)C4Cc5ccc(O)cc5C3(CCN4CC3CC3)C2)N1CC#N. The van der Waals surface area contributed by atoms with Gasteiger partial charge >= 0.3 is 0 Å². The third kappa shape index (κ3) is 2.80. The quantitative estimate of drug-likeness (QED) is 0.589. The second-order valence-corrected chi connectivity index (χ2v) is 10.8. The fourth-order valence-electron chi connectivity index (χ4n) is 7.58. The van der Waals surface area contributed by atoms with E-state index in [-0.39, 0.29) is 24.2 Å². The molecular weight excluding hydrogens is 420 g/mol. The van der Waals surface area contributed by atoms with Crippen LogP contribution in [0.4, 0.5) is 0 Å². The number of fused-ring (bicyclic) bond motifs is 1. The molecule has 5 aliphatic rings. The number of benzene rings is 1. The molecule has 1 spiro atoms. The molecule has 5 atom stereocenters. The summed E-state index contributed by atoms with van der Waals surface area (Å²) in [6.07, 6.45) is 4.70. The number of phenols is 1. The lowest BCUT2D eigenvalue weighted by atomic mass is 9.46. The molecule has 33 heavy (non-hydrogen) atoms. The minimum absolute atomic E-state index is 0.00616. The second-order valence-electron chi connectivity index (χ2n) is 10.8. The highest BCUT2D eigenvalue weighted by Gasteiger charge is 2.71. The largest absolute Gasteiger partial charge is 0.508 e. The first-order valence-electron chi connectivity index (χ1n) is 12.1. The maximum atomic E-state index is 13.5. The van der Waals surface area contributed by atoms with Crippen molar-refractivity contribution in [3.63, 3.8) is 0 Å². The van der Waals surface area contributed by atoms with Gasteiger partial charge in [0.05, 0.1) is 18.2 Å². The molecule has 2 heterocycles. The molecule has 6 rings (SSSR count). The lowest BCUT2D eigenvalue weighted by Crippen LogP contribution is -2.76. The Kier molecular flexibility index (Phi) is 4.63. The number of hydrogen-bond donors (Lipinski definition) is 3. The molecule has 0 aromatic heterocycles. The van der Waals surface area contributed by atoms with Crippen molar-refractivity contribution in [3.8, 4) is 11.8 Å². The Morgan fingerprint density at radius 2 is 2.12 bits per heavy atom. The third-order valence-electron chi connectivity index (χ3n) is 9.35. The van der Waals surface area contributed by atoms with Crippen molar-refractivity contribution in [3.05, 3.63) is 29.3 Å². The van der Waals surface area contributed by atoms with Crippen molar-refractivity contribution in [2.75, 3.05) is 26.7 Å². The molecule has 8 nitrogen and oxygen atoms in total. The van der Waals surface area contributed by atoms with E-state index in [9.17, 15) is 20.3 Å². The van der Waals surface area contributed by atoms with Gasteiger partial charge in [-0.15, -0.1) is 0 Å². The summed E-state index contributed by atoms with van der Waals surface area (Å²) in [5.74, 6) is 0.778. The molecule has 1 amide bonds. The van der Waals surface area contributed by atoms with E-state index in [0.29, 0.717) is 19.3 Å². The Hall–Kier alpha value is -2.18. The normalized spacial score (nSPS) is 40.2. The average molecular weight is 453 g/mol. The number of aromatic hydroxyl groups is 1. The summed E-state index contributed by atoms with van der Waals surface area (Å²) < 4.78 is 5.53. The van der Waals surface area contributed by atoms with E-state index in [1.54, 1.807) is 12.1 Å². The van der Waals surface area contributed by atoms with E-state index in [1.165, 1.54) is 20.0 Å². The van der Waals surface area contributed by atoms with Crippen LogP contribution in [0.15, 0.2) is 18.2 Å². The van der Waals surface area contributed by atoms with Crippen LogP contribution in [0.25, 0.3) is 0 Å². The van der Waals surface area contributed by atoms with Crippen molar-refractivity contribution >= 4 is 5.91 Å². The third-order valence-corrected chi connectivity index (χ3v) is 9.35. The number of phenolic OH excluding ortho intramolecular Hbond substituents is 1. The van der Waals surface area contributed by atoms with Crippen molar-refractivity contribution in [1.82, 2.24) is 15.1 Å². The van der Waals surface area contributed by atoms with Crippen LogP contribution >= 0.6 is 0 Å². The summed E-state index contributed by atoms with van der Waals surface area (Å²) in [4.78, 5) is 17.8. The molecule has 176 valence electrons. The van der Waals surface area contributed by atoms with Gasteiger partial charge in [0.15, 0.2) is 6.35 Å². The lowest BCUT2D eigenvalue weighted by molar-refractivity contribution is -0.194. The van der Waals surface area contributed by atoms with Crippen LogP contribution in [0.1, 0.15) is 49.7 Å². The number of ether oxygens (including phenoxy) is 1. The van der Waals surface area contributed by atoms with Crippen molar-refractivity contribution < 1.29 is 19.7 Å². The molecule has 8 heteroatoms. The van der Waals surface area contributed by atoms with Crippen molar-refractivity contribution in [2.24, 2.45) is 5.92 Å². The van der Waals surface area contributed by atoms with Crippen molar-refractivity contribution in [1.29, 1.82) is 5.26 Å². The summed E-state index contributed by atoms with van der Waals surface area (Å²) >= 11 is 0. The van der Waals surface area contributed by atoms with Crippen LogP contribution in [0, 0.1) is 17.2 Å². The van der Waals surface area contributed by atoms with Gasteiger partial charge in [0.1, 0.15) is 11.3 Å². The minimum atomic E-state index is -0.990. The van der Waals surface area contributed by atoms with Gasteiger partial charge < -0.3 is 20.3 Å². The maximum absolute atomic E-state index is 13.5. The molecule has 3 aliphatic carbocycles. The van der Waals surface area contributed by atoms with E-state index in [1.807, 2.05) is 11.0 Å². The molecule has 2 saturated carbocycles. The van der Waals surface area contributed by atoms with Gasteiger partial charge in [0, 0.05) is 25.1 Å². The van der Waals surface area contributed by atoms with Gasteiger partial charge in [-0.3, -0.25) is 9.69 Å². The van der Waals surface area contributed by atoms with Crippen LogP contribution in [0.5, 0.6) is 5.75 Å². The number of nitriles is 1. The molecule has 5 unspecified atom stereocenters. The molecule has 1 aromatic rings. The Morgan fingerprint density at radius 3 is 2.85 bits per heavy atom. The topological polar surface area (TPSA) is 109 Å². The summed E-state index contributed by atoms with van der Waals surface area (Å²) in [6, 6.07) is 7.72. The van der Waals surface area contributed by atoms with Crippen LogP contribution in [-0.4, -0.2) is 76.2 Å². The number of amides is 1. The molecule has 2 aliphatic heterocycles. The van der Waals surface area contributed by atoms with Gasteiger partial charge in [-0.1, -0.05) is 6.07 Å². The van der Waals surface area contributed by atoms with Crippen LogP contribution in [0.2, 0.25) is 0 Å². The van der Waals surface area contributed by atoms with E-state index in [4.69, 9.17) is 4.74 Å². The van der Waals surface area contributed by atoms with Crippen LogP contribution < -0.4 is 5.32 Å². The first kappa shape index (κ1) is 21.4. The standard InChI is InChI=1S/C25H32N4O4/c1-33-22-27-21(31)24(29(22)11-9-26)6-7-25(32)20-12-17-4-5-18(30)13-19(17)23(25,15-24)8-10-28(20)14-16-2-3-16/h4-5,13,16,20,22,30,32H,2-3,6-8,10-12,14-15H2,1H3,(H,27,31). The lowest BCUT2D eigenvalue weighted by Gasteiger charge is -2.66. The molecule has 3 N–H and O–H groups in total. The maximum Gasteiger partial charge on any atom is 0.243 e. The fourth-order valence-corrected chi connectivity index (χ4v) is 7.58. The molecule has 1 aromatic carbocycles. The monoisotopic (exact) mass is 452 g/mol. The van der Waals surface area contributed by atoms with E-state index >= 15 is 0 Å². The van der Waals surface area contributed by atoms with E-state index in [0.717, 1.165) is 43.0 Å². The Labute approximate surface area is 194 Å². The van der Waals surface area contributed by atoms with Crippen molar-refractivity contribution in [2.45, 2.75) is 73.9 Å². The van der Waals surface area contributed by atoms with Gasteiger partial charge in [-0.05, 0) is 80.7 Å². The fraction of sp³-hybridized carbons (Fsp3) is 0.680. The smallest absolute Gasteiger partial charge is 0.243 e. The second kappa shape index (κ2) is 7.16. The Morgan fingerprint density at radius 1 is 1.30 bits per heavy atom. The van der Waals surface area contributed by atoms with Gasteiger partial charge in [-0.2, -0.15) is 5.26 Å². The zero-order valence-corrected chi connectivity index (χ0v) is 19.1. The van der Waals surface area contributed by atoms with Gasteiger partial charge in [0.25, 0.3) is 0 Å². The highest BCUT2D eigenvalue weighted by Crippen LogP contribution is 2.62. The number of likely N-dealkylation sites (tertiary alicyclic amines) is 1. The number of hydrogen-bond acceptors (Lipinski definition) is 7. The summed E-state index contributed by atoms with van der Waals surface area (Å²) in [6.45, 7) is 1.95. The summed E-state index contributed by atoms with van der Waals surface area (Å²) in [7, 11) is 1.53. The van der Waals surface area contributed by atoms with E-state index in [2.05, 4.69) is 16.3 Å². The first-order chi connectivity index (χ1) is 15.9. The number of carbonyl (C=O) groups is 1. The molecule has 2 bridgehead atoms. The van der Waals surface area contributed by atoms with E-state index < -0.39 is 22.9 Å². The number of methoxy groups -OCH3 is 1. The number of nitrogens with one attached hydrogen (secondary N) is 1. The van der Waals surface area contributed by atoms with Crippen LogP contribution in [0.3, 0.4) is 0 Å². The zero-order chi connectivity index (χ0) is 23.0. The average Bonchev–Trinajstić information content (AvgIpc) is 3.58. The Balaban J connectivity index is 1.49. The highest BCUT2D eigenvalue weighted by molar-refractivity contribution is 5.89. The summed E-state index contributed by atoms with van der Waals surface area (Å²) in [5, 5.41) is 35.4. The van der Waals surface area contributed by atoms with Crippen LogP contribution in [-0.2, 0) is 21.4 Å². The number of carbonyl (C=O) groups excluding carboxylic acids is 1. The predicted octanol–water partition coefficient (Wildman–Crippen LogP) is 1.21. The highest BCUT2D eigenvalue weighted by atomic mass is 16.5.